The van der Waals surface area contributed by atoms with Gasteiger partial charge in [-0.2, -0.15) is 0 Å². The lowest BCUT2D eigenvalue weighted by molar-refractivity contribution is 0.529. The molecule has 0 aliphatic heterocycles. The quantitative estimate of drug-likeness (QED) is 0.872. The van der Waals surface area contributed by atoms with Crippen LogP contribution in [0.3, 0.4) is 0 Å². The van der Waals surface area contributed by atoms with E-state index in [4.69, 9.17) is 5.73 Å². The molecule has 2 aromatic carbocycles. The zero-order valence-corrected chi connectivity index (χ0v) is 12.5. The maximum atomic E-state index is 13.4. The lowest BCUT2D eigenvalue weighted by atomic mass is 9.92. The third kappa shape index (κ3) is 4.39. The molecule has 0 saturated heterocycles. The Morgan fingerprint density at radius 3 is 2.15 bits per heavy atom. The Hall–Kier alpha value is -1.26. The molecule has 2 N–H and O–H groups in total. The highest BCUT2D eigenvalue weighted by atomic mass is 79.9. The van der Waals surface area contributed by atoms with Crippen molar-refractivity contribution in [2.45, 2.75) is 12.8 Å². The zero-order valence-electron chi connectivity index (χ0n) is 11.0. The monoisotopic (exact) mass is 339 g/mol. The van der Waals surface area contributed by atoms with E-state index >= 15 is 0 Å². The smallest absolute Gasteiger partial charge is 0.124 e. The van der Waals surface area contributed by atoms with E-state index in [-0.39, 0.29) is 17.6 Å². The van der Waals surface area contributed by atoms with E-state index in [9.17, 15) is 8.78 Å². The highest BCUT2D eigenvalue weighted by molar-refractivity contribution is 9.10. The van der Waals surface area contributed by atoms with Gasteiger partial charge < -0.3 is 5.73 Å². The molecule has 20 heavy (non-hydrogen) atoms. The Bertz CT molecular complexity index is 549. The predicted molar refractivity (Wildman–Crippen MR) is 80.5 cm³/mol. The maximum Gasteiger partial charge on any atom is 0.124 e. The van der Waals surface area contributed by atoms with Gasteiger partial charge in [-0.05, 0) is 66.8 Å². The minimum Gasteiger partial charge on any atom is -0.330 e. The molecule has 4 heteroatoms. The van der Waals surface area contributed by atoms with Crippen LogP contribution in [0.5, 0.6) is 0 Å². The molecule has 0 fully saturated rings. The molecule has 0 heterocycles. The van der Waals surface area contributed by atoms with Gasteiger partial charge in [0.25, 0.3) is 0 Å². The van der Waals surface area contributed by atoms with Crippen LogP contribution >= 0.6 is 15.9 Å². The third-order valence-corrected chi connectivity index (χ3v) is 3.68. The molecule has 0 aromatic heterocycles. The van der Waals surface area contributed by atoms with E-state index in [1.165, 1.54) is 24.3 Å². The molecule has 0 radical (unpaired) electrons. The predicted octanol–water partition coefficient (Wildman–Crippen LogP) is 4.09. The first kappa shape index (κ1) is 15.1. The first-order chi connectivity index (χ1) is 9.56. The van der Waals surface area contributed by atoms with E-state index < -0.39 is 0 Å². The second kappa shape index (κ2) is 6.95. The Balaban J connectivity index is 2.06. The summed E-state index contributed by atoms with van der Waals surface area (Å²) < 4.78 is 26.9. The average molecular weight is 340 g/mol. The molecule has 0 spiro atoms. The topological polar surface area (TPSA) is 26.0 Å². The van der Waals surface area contributed by atoms with Crippen LogP contribution in [-0.4, -0.2) is 6.54 Å². The van der Waals surface area contributed by atoms with Gasteiger partial charge in [0, 0.05) is 4.47 Å². The summed E-state index contributed by atoms with van der Waals surface area (Å²) in [6.07, 6.45) is 1.45. The van der Waals surface area contributed by atoms with Crippen molar-refractivity contribution in [3.05, 3.63) is 69.7 Å². The average Bonchev–Trinajstić information content (AvgIpc) is 2.39. The SMILES string of the molecule is NCC(Cc1ccc(F)cc1)Cc1cc(F)cc(Br)c1. The Morgan fingerprint density at radius 1 is 0.900 bits per heavy atom. The van der Waals surface area contributed by atoms with E-state index in [0.29, 0.717) is 13.0 Å². The van der Waals surface area contributed by atoms with Crippen molar-refractivity contribution in [1.82, 2.24) is 0 Å². The molecule has 2 aromatic rings. The summed E-state index contributed by atoms with van der Waals surface area (Å²) in [7, 11) is 0. The van der Waals surface area contributed by atoms with Crippen molar-refractivity contribution in [1.29, 1.82) is 0 Å². The van der Waals surface area contributed by atoms with Crippen LogP contribution in [-0.2, 0) is 12.8 Å². The van der Waals surface area contributed by atoms with E-state index in [0.717, 1.165) is 22.0 Å². The molecule has 106 valence electrons. The van der Waals surface area contributed by atoms with E-state index in [2.05, 4.69) is 15.9 Å². The molecule has 1 unspecified atom stereocenters. The highest BCUT2D eigenvalue weighted by Gasteiger charge is 2.10. The summed E-state index contributed by atoms with van der Waals surface area (Å²) in [6.45, 7) is 0.505. The van der Waals surface area contributed by atoms with Crippen molar-refractivity contribution in [3.8, 4) is 0 Å². The fourth-order valence-corrected chi connectivity index (χ4v) is 2.77. The molecule has 0 amide bonds. The van der Waals surface area contributed by atoms with Crippen LogP contribution in [0.1, 0.15) is 11.1 Å². The fraction of sp³-hybridized carbons (Fsp3) is 0.250. The van der Waals surface area contributed by atoms with E-state index in [1.807, 2.05) is 6.07 Å². The van der Waals surface area contributed by atoms with Crippen molar-refractivity contribution >= 4 is 15.9 Å². The molecule has 0 saturated carbocycles. The number of halogens is 3. The lowest BCUT2D eigenvalue weighted by Crippen LogP contribution is -2.19. The van der Waals surface area contributed by atoms with Crippen molar-refractivity contribution in [2.24, 2.45) is 11.7 Å². The van der Waals surface area contributed by atoms with Crippen molar-refractivity contribution in [2.75, 3.05) is 6.54 Å². The van der Waals surface area contributed by atoms with Gasteiger partial charge in [-0.1, -0.05) is 28.1 Å². The second-order valence-electron chi connectivity index (χ2n) is 4.91. The lowest BCUT2D eigenvalue weighted by Gasteiger charge is -2.15. The largest absolute Gasteiger partial charge is 0.330 e. The van der Waals surface area contributed by atoms with Crippen molar-refractivity contribution < 1.29 is 8.78 Å². The molecule has 0 aliphatic carbocycles. The van der Waals surface area contributed by atoms with Crippen LogP contribution in [0.15, 0.2) is 46.9 Å². The van der Waals surface area contributed by atoms with Gasteiger partial charge in [0.05, 0.1) is 0 Å². The summed E-state index contributed by atoms with van der Waals surface area (Å²) in [6, 6.07) is 11.3. The van der Waals surface area contributed by atoms with Gasteiger partial charge in [-0.15, -0.1) is 0 Å². The standard InChI is InChI=1S/C16H16BrF2N/c17-14-7-12(8-16(19)9-14)6-13(10-20)5-11-1-3-15(18)4-2-11/h1-4,7-9,13H,5-6,10,20H2. The number of nitrogens with two attached hydrogens (primary N) is 1. The third-order valence-electron chi connectivity index (χ3n) is 3.22. The Labute approximate surface area is 125 Å². The van der Waals surface area contributed by atoms with Gasteiger partial charge in [0.15, 0.2) is 0 Å². The number of rotatable bonds is 5. The second-order valence-corrected chi connectivity index (χ2v) is 5.83. The first-order valence-corrected chi connectivity index (χ1v) is 7.25. The van der Waals surface area contributed by atoms with Crippen LogP contribution in [0.25, 0.3) is 0 Å². The summed E-state index contributed by atoms with van der Waals surface area (Å²) in [4.78, 5) is 0. The minimum atomic E-state index is -0.257. The normalized spacial score (nSPS) is 12.4. The summed E-state index contributed by atoms with van der Waals surface area (Å²) in [5.41, 5.74) is 7.75. The molecule has 0 aliphatic rings. The molecule has 1 atom stereocenters. The number of hydrogen-bond acceptors (Lipinski definition) is 1. The van der Waals surface area contributed by atoms with Gasteiger partial charge >= 0.3 is 0 Å². The fourth-order valence-electron chi connectivity index (χ4n) is 2.25. The Kier molecular flexibility index (Phi) is 5.26. The zero-order chi connectivity index (χ0) is 14.5. The van der Waals surface area contributed by atoms with Crippen LogP contribution in [0, 0.1) is 17.6 Å². The molecular formula is C16H16BrF2N. The molecular weight excluding hydrogens is 324 g/mol. The number of benzene rings is 2. The van der Waals surface area contributed by atoms with Gasteiger partial charge in [0.2, 0.25) is 0 Å². The highest BCUT2D eigenvalue weighted by Crippen LogP contribution is 2.19. The summed E-state index contributed by atoms with van der Waals surface area (Å²) in [5.74, 6) is -0.298. The van der Waals surface area contributed by atoms with Crippen molar-refractivity contribution in [3.63, 3.8) is 0 Å². The van der Waals surface area contributed by atoms with Gasteiger partial charge in [-0.25, -0.2) is 8.78 Å². The first-order valence-electron chi connectivity index (χ1n) is 6.46. The van der Waals surface area contributed by atoms with Crippen LogP contribution in [0.4, 0.5) is 8.78 Å². The Morgan fingerprint density at radius 2 is 1.55 bits per heavy atom. The minimum absolute atomic E-state index is 0.203. The van der Waals surface area contributed by atoms with Crippen LogP contribution < -0.4 is 5.73 Å². The number of hydrogen-bond donors (Lipinski definition) is 1. The summed E-state index contributed by atoms with van der Waals surface area (Å²) >= 11 is 3.29. The van der Waals surface area contributed by atoms with E-state index in [1.54, 1.807) is 12.1 Å². The molecule has 0 bridgehead atoms. The van der Waals surface area contributed by atoms with Gasteiger partial charge in [0.1, 0.15) is 11.6 Å². The maximum absolute atomic E-state index is 13.4. The van der Waals surface area contributed by atoms with Gasteiger partial charge in [-0.3, -0.25) is 0 Å². The van der Waals surface area contributed by atoms with Crippen LogP contribution in [0.2, 0.25) is 0 Å². The summed E-state index contributed by atoms with van der Waals surface area (Å²) in [5, 5.41) is 0. The molecule has 2 rings (SSSR count). The molecule has 1 nitrogen and oxygen atoms in total.